The fraction of sp³-hybridized carbons (Fsp3) is 0.500. The molecule has 1 aliphatic heterocycles. The molecule has 2 aliphatic rings. The zero-order valence-corrected chi connectivity index (χ0v) is 11.6. The van der Waals surface area contributed by atoms with Gasteiger partial charge in [-0.3, -0.25) is 0 Å². The summed E-state index contributed by atoms with van der Waals surface area (Å²) in [7, 11) is 0. The second-order valence-corrected chi connectivity index (χ2v) is 5.84. The van der Waals surface area contributed by atoms with Crippen molar-refractivity contribution < 1.29 is 4.52 Å². The van der Waals surface area contributed by atoms with Gasteiger partial charge in [0, 0.05) is 23.7 Å². The van der Waals surface area contributed by atoms with Crippen molar-refractivity contribution in [2.24, 2.45) is 0 Å². The molecule has 1 N–H and O–H groups in total. The lowest BCUT2D eigenvalue weighted by molar-refractivity contribution is 0.385. The number of benzene rings is 1. The SMILES string of the molecule is c1cc2c(cc1-c1nc(C3CCCCC3)no1)NCC2. The van der Waals surface area contributed by atoms with E-state index in [4.69, 9.17) is 4.52 Å². The quantitative estimate of drug-likeness (QED) is 0.902. The number of hydrogen-bond acceptors (Lipinski definition) is 4. The predicted molar refractivity (Wildman–Crippen MR) is 77.8 cm³/mol. The van der Waals surface area contributed by atoms with Gasteiger partial charge in [0.15, 0.2) is 5.82 Å². The smallest absolute Gasteiger partial charge is 0.258 e. The van der Waals surface area contributed by atoms with E-state index in [1.54, 1.807) is 0 Å². The molecule has 0 unspecified atom stereocenters. The minimum atomic E-state index is 0.494. The summed E-state index contributed by atoms with van der Waals surface area (Å²) < 4.78 is 5.47. The highest BCUT2D eigenvalue weighted by Gasteiger charge is 2.21. The Hall–Kier alpha value is -1.84. The summed E-state index contributed by atoms with van der Waals surface area (Å²) in [6.07, 6.45) is 7.43. The largest absolute Gasteiger partial charge is 0.384 e. The Balaban J connectivity index is 1.61. The first-order valence-corrected chi connectivity index (χ1v) is 7.61. The summed E-state index contributed by atoms with van der Waals surface area (Å²) >= 11 is 0. The maximum absolute atomic E-state index is 5.47. The highest BCUT2D eigenvalue weighted by molar-refractivity contribution is 5.66. The van der Waals surface area contributed by atoms with Crippen LogP contribution in [0.2, 0.25) is 0 Å². The van der Waals surface area contributed by atoms with Crippen molar-refractivity contribution in [3.05, 3.63) is 29.6 Å². The number of anilines is 1. The van der Waals surface area contributed by atoms with Crippen molar-refractivity contribution in [2.75, 3.05) is 11.9 Å². The zero-order chi connectivity index (χ0) is 13.4. The van der Waals surface area contributed by atoms with Gasteiger partial charge in [0.2, 0.25) is 0 Å². The predicted octanol–water partition coefficient (Wildman–Crippen LogP) is 3.75. The molecule has 4 rings (SSSR count). The van der Waals surface area contributed by atoms with Gasteiger partial charge in [-0.1, -0.05) is 30.5 Å². The van der Waals surface area contributed by atoms with E-state index in [9.17, 15) is 0 Å². The van der Waals surface area contributed by atoms with Gasteiger partial charge in [-0.05, 0) is 37.0 Å². The molecule has 1 aromatic carbocycles. The van der Waals surface area contributed by atoms with Crippen molar-refractivity contribution in [1.82, 2.24) is 10.1 Å². The van der Waals surface area contributed by atoms with E-state index in [0.717, 1.165) is 24.4 Å². The maximum atomic E-state index is 5.47. The zero-order valence-electron chi connectivity index (χ0n) is 11.6. The maximum Gasteiger partial charge on any atom is 0.258 e. The molecule has 2 aromatic rings. The molecular weight excluding hydrogens is 250 g/mol. The van der Waals surface area contributed by atoms with Gasteiger partial charge in [0.25, 0.3) is 5.89 Å². The Labute approximate surface area is 118 Å². The van der Waals surface area contributed by atoms with E-state index in [-0.39, 0.29) is 0 Å². The molecule has 0 saturated heterocycles. The van der Waals surface area contributed by atoms with Crippen molar-refractivity contribution in [2.45, 2.75) is 44.4 Å². The number of fused-ring (bicyclic) bond motifs is 1. The molecule has 4 heteroatoms. The lowest BCUT2D eigenvalue weighted by atomic mass is 9.89. The van der Waals surface area contributed by atoms with Crippen LogP contribution in [0, 0.1) is 0 Å². The lowest BCUT2D eigenvalue weighted by Crippen LogP contribution is -2.06. The van der Waals surface area contributed by atoms with Gasteiger partial charge in [-0.15, -0.1) is 0 Å². The van der Waals surface area contributed by atoms with E-state index < -0.39 is 0 Å². The molecule has 20 heavy (non-hydrogen) atoms. The topological polar surface area (TPSA) is 51.0 Å². The first-order valence-electron chi connectivity index (χ1n) is 7.61. The summed E-state index contributed by atoms with van der Waals surface area (Å²) in [6, 6.07) is 6.37. The van der Waals surface area contributed by atoms with Crippen LogP contribution >= 0.6 is 0 Å². The van der Waals surface area contributed by atoms with E-state index in [0.29, 0.717) is 11.8 Å². The second-order valence-electron chi connectivity index (χ2n) is 5.84. The number of rotatable bonds is 2. The number of aromatic nitrogens is 2. The fourth-order valence-corrected chi connectivity index (χ4v) is 3.30. The molecule has 1 aliphatic carbocycles. The fourth-order valence-electron chi connectivity index (χ4n) is 3.30. The van der Waals surface area contributed by atoms with E-state index in [1.807, 2.05) is 0 Å². The monoisotopic (exact) mass is 269 g/mol. The van der Waals surface area contributed by atoms with Crippen LogP contribution < -0.4 is 5.32 Å². The van der Waals surface area contributed by atoms with Crippen LogP contribution in [0.1, 0.15) is 49.4 Å². The van der Waals surface area contributed by atoms with Crippen molar-refractivity contribution in [1.29, 1.82) is 0 Å². The second kappa shape index (κ2) is 4.93. The Morgan fingerprint density at radius 2 is 2.05 bits per heavy atom. The van der Waals surface area contributed by atoms with Crippen LogP contribution in [0.4, 0.5) is 5.69 Å². The van der Waals surface area contributed by atoms with Crippen molar-refractivity contribution in [3.8, 4) is 11.5 Å². The van der Waals surface area contributed by atoms with Gasteiger partial charge in [-0.2, -0.15) is 4.98 Å². The van der Waals surface area contributed by atoms with Gasteiger partial charge in [-0.25, -0.2) is 0 Å². The van der Waals surface area contributed by atoms with Crippen LogP contribution in [-0.2, 0) is 6.42 Å². The first-order chi connectivity index (χ1) is 9.90. The molecular formula is C16H19N3O. The summed E-state index contributed by atoms with van der Waals surface area (Å²) in [4.78, 5) is 4.62. The normalized spacial score (nSPS) is 18.8. The Morgan fingerprint density at radius 1 is 1.15 bits per heavy atom. The highest BCUT2D eigenvalue weighted by Crippen LogP contribution is 2.33. The molecule has 0 spiro atoms. The average molecular weight is 269 g/mol. The van der Waals surface area contributed by atoms with E-state index in [2.05, 4.69) is 33.7 Å². The first kappa shape index (κ1) is 11.9. The summed E-state index contributed by atoms with van der Waals surface area (Å²) in [6.45, 7) is 1.02. The van der Waals surface area contributed by atoms with Gasteiger partial charge in [0.1, 0.15) is 0 Å². The molecule has 0 bridgehead atoms. The molecule has 1 saturated carbocycles. The molecule has 4 nitrogen and oxygen atoms in total. The third kappa shape index (κ3) is 2.09. The van der Waals surface area contributed by atoms with Crippen molar-refractivity contribution >= 4 is 5.69 Å². The summed E-state index contributed by atoms with van der Waals surface area (Å²) in [5.74, 6) is 2.05. The molecule has 104 valence electrons. The molecule has 1 fully saturated rings. The Kier molecular flexibility index (Phi) is 2.94. The third-order valence-corrected chi connectivity index (χ3v) is 4.48. The van der Waals surface area contributed by atoms with E-state index >= 15 is 0 Å². The molecule has 0 radical (unpaired) electrons. The minimum absolute atomic E-state index is 0.494. The molecule has 0 amide bonds. The molecule has 0 atom stereocenters. The summed E-state index contributed by atoms with van der Waals surface area (Å²) in [5, 5.41) is 7.59. The van der Waals surface area contributed by atoms with E-state index in [1.165, 1.54) is 43.4 Å². The summed E-state index contributed by atoms with van der Waals surface area (Å²) in [5.41, 5.74) is 3.60. The number of nitrogens with zero attached hydrogens (tertiary/aromatic N) is 2. The van der Waals surface area contributed by atoms with Crippen LogP contribution in [-0.4, -0.2) is 16.7 Å². The highest BCUT2D eigenvalue weighted by atomic mass is 16.5. The van der Waals surface area contributed by atoms with Gasteiger partial charge >= 0.3 is 0 Å². The van der Waals surface area contributed by atoms with Crippen LogP contribution in [0.5, 0.6) is 0 Å². The molecule has 1 aromatic heterocycles. The van der Waals surface area contributed by atoms with Crippen LogP contribution in [0.3, 0.4) is 0 Å². The number of hydrogen-bond donors (Lipinski definition) is 1. The van der Waals surface area contributed by atoms with Crippen LogP contribution in [0.25, 0.3) is 11.5 Å². The van der Waals surface area contributed by atoms with Crippen LogP contribution in [0.15, 0.2) is 22.7 Å². The van der Waals surface area contributed by atoms with Crippen molar-refractivity contribution in [3.63, 3.8) is 0 Å². The van der Waals surface area contributed by atoms with Gasteiger partial charge < -0.3 is 9.84 Å². The lowest BCUT2D eigenvalue weighted by Gasteiger charge is -2.17. The average Bonchev–Trinajstić information content (AvgIpc) is 3.16. The Morgan fingerprint density at radius 3 is 2.95 bits per heavy atom. The number of nitrogens with one attached hydrogen (secondary N) is 1. The Bertz CT molecular complexity index is 614. The molecule has 2 heterocycles. The minimum Gasteiger partial charge on any atom is -0.384 e. The standard InChI is InChI=1S/C16H19N3O/c1-2-4-12(5-3-1)15-18-16(20-19-15)13-7-6-11-8-9-17-14(11)10-13/h6-7,10,12,17H,1-5,8-9H2. The van der Waals surface area contributed by atoms with Gasteiger partial charge in [0.05, 0.1) is 0 Å². The third-order valence-electron chi connectivity index (χ3n) is 4.48.